The van der Waals surface area contributed by atoms with E-state index in [-0.39, 0.29) is 0 Å². The molecule has 0 aliphatic carbocycles. The summed E-state index contributed by atoms with van der Waals surface area (Å²) in [7, 11) is 1.99. The first-order valence-corrected chi connectivity index (χ1v) is 3.16. The van der Waals surface area contributed by atoms with E-state index in [2.05, 4.69) is 4.99 Å². The largest absolute Gasteiger partial charge is 0.446 e. The van der Waals surface area contributed by atoms with Gasteiger partial charge in [0.25, 0.3) is 0 Å². The van der Waals surface area contributed by atoms with Gasteiger partial charge in [-0.1, -0.05) is 0 Å². The van der Waals surface area contributed by atoms with Crippen molar-refractivity contribution in [2.75, 3.05) is 13.7 Å². The highest BCUT2D eigenvalue weighted by Gasteiger charge is 1.98. The van der Waals surface area contributed by atoms with Crippen LogP contribution in [-0.4, -0.2) is 18.6 Å². The van der Waals surface area contributed by atoms with Gasteiger partial charge in [0.2, 0.25) is 5.55 Å². The average Bonchev–Trinajstić information content (AvgIpc) is 2.33. The summed E-state index contributed by atoms with van der Waals surface area (Å²) in [4.78, 5) is 6.17. The molecule has 0 radical (unpaired) electrons. The third kappa shape index (κ3) is 0.708. The molecule has 0 N–H and O–H groups in total. The molecule has 3 heteroatoms. The highest BCUT2D eigenvalue weighted by Crippen LogP contribution is 1.86. The Balaban J connectivity index is 2.73. The van der Waals surface area contributed by atoms with Crippen molar-refractivity contribution in [3.63, 3.8) is 0 Å². The fraction of sp³-hybridized carbons (Fsp3) is 0.286. The lowest BCUT2D eigenvalue weighted by Crippen LogP contribution is -2.31. The van der Waals surface area contributed by atoms with Crippen molar-refractivity contribution >= 4 is 6.20 Å². The molecule has 0 bridgehead atoms. The zero-order valence-corrected chi connectivity index (χ0v) is 5.74. The molecule has 0 saturated heterocycles. The molecule has 0 spiro atoms. The normalized spacial score (nSPS) is 15.5. The maximum atomic E-state index is 5.08. The zero-order valence-electron chi connectivity index (χ0n) is 5.74. The molecular weight excluding hydrogens is 128 g/mol. The Morgan fingerprint density at radius 1 is 1.70 bits per heavy atom. The zero-order chi connectivity index (χ0) is 6.97. The highest BCUT2D eigenvalue weighted by atomic mass is 16.3. The van der Waals surface area contributed by atoms with Gasteiger partial charge in [-0.15, -0.1) is 0 Å². The standard InChI is InChI=1S/C7H8N2O/c1-9-4-6-2-3-10-7(6)8-5-9/h2-4H,5H2,1H3. The summed E-state index contributed by atoms with van der Waals surface area (Å²) in [6.45, 7) is 0.695. The van der Waals surface area contributed by atoms with Gasteiger partial charge in [-0.05, 0) is 6.07 Å². The van der Waals surface area contributed by atoms with Gasteiger partial charge in [-0.3, -0.25) is 0 Å². The van der Waals surface area contributed by atoms with Crippen LogP contribution in [0.5, 0.6) is 0 Å². The van der Waals surface area contributed by atoms with Gasteiger partial charge in [0.05, 0.1) is 11.5 Å². The smallest absolute Gasteiger partial charge is 0.224 e. The maximum absolute atomic E-state index is 5.08. The van der Waals surface area contributed by atoms with E-state index in [4.69, 9.17) is 4.42 Å². The molecule has 0 saturated carbocycles. The number of hydrogen-bond donors (Lipinski definition) is 0. The van der Waals surface area contributed by atoms with Crippen LogP contribution in [0.2, 0.25) is 0 Å². The summed E-state index contributed by atoms with van der Waals surface area (Å²) in [5.41, 5.74) is 0.748. The van der Waals surface area contributed by atoms with Crippen LogP contribution in [0.15, 0.2) is 21.7 Å². The van der Waals surface area contributed by atoms with E-state index in [0.717, 1.165) is 10.8 Å². The Morgan fingerprint density at radius 2 is 2.60 bits per heavy atom. The van der Waals surface area contributed by atoms with Gasteiger partial charge in [0.15, 0.2) is 0 Å². The predicted molar refractivity (Wildman–Crippen MR) is 36.6 cm³/mol. The number of rotatable bonds is 0. The number of nitrogens with zero attached hydrogens (tertiary/aromatic N) is 2. The lowest BCUT2D eigenvalue weighted by atomic mass is 10.4. The summed E-state index contributed by atoms with van der Waals surface area (Å²) in [5, 5.41) is 1.06. The Hall–Kier alpha value is -1.25. The van der Waals surface area contributed by atoms with Crippen molar-refractivity contribution < 1.29 is 4.42 Å². The van der Waals surface area contributed by atoms with Crippen molar-refractivity contribution in [2.24, 2.45) is 4.99 Å². The van der Waals surface area contributed by atoms with Crippen LogP contribution in [-0.2, 0) is 0 Å². The third-order valence-electron chi connectivity index (χ3n) is 1.47. The maximum Gasteiger partial charge on any atom is 0.224 e. The van der Waals surface area contributed by atoms with E-state index in [1.165, 1.54) is 0 Å². The fourth-order valence-electron chi connectivity index (χ4n) is 0.992. The van der Waals surface area contributed by atoms with Crippen LogP contribution >= 0.6 is 0 Å². The molecule has 1 aliphatic heterocycles. The summed E-state index contributed by atoms with van der Waals surface area (Å²) in [6, 6.07) is 1.91. The van der Waals surface area contributed by atoms with E-state index < -0.39 is 0 Å². The average molecular weight is 136 g/mol. The second-order valence-electron chi connectivity index (χ2n) is 2.37. The van der Waals surface area contributed by atoms with Crippen LogP contribution in [0.4, 0.5) is 0 Å². The number of hydrogen-bond acceptors (Lipinski definition) is 3. The minimum absolute atomic E-state index is 0.695. The Bertz CT molecular complexity index is 339. The van der Waals surface area contributed by atoms with Crippen molar-refractivity contribution in [1.29, 1.82) is 0 Å². The summed E-state index contributed by atoms with van der Waals surface area (Å²) in [6.07, 6.45) is 3.68. The Kier molecular flexibility index (Phi) is 1.03. The van der Waals surface area contributed by atoms with Gasteiger partial charge in [-0.25, -0.2) is 4.99 Å². The van der Waals surface area contributed by atoms with Crippen LogP contribution < -0.4 is 10.8 Å². The second kappa shape index (κ2) is 1.87. The number of fused-ring (bicyclic) bond motifs is 1. The summed E-state index contributed by atoms with van der Waals surface area (Å²) >= 11 is 0. The highest BCUT2D eigenvalue weighted by molar-refractivity contribution is 5.19. The lowest BCUT2D eigenvalue weighted by molar-refractivity contribution is 0.443. The molecule has 52 valence electrons. The van der Waals surface area contributed by atoms with Gasteiger partial charge < -0.3 is 9.32 Å². The van der Waals surface area contributed by atoms with E-state index >= 15 is 0 Å². The van der Waals surface area contributed by atoms with Crippen LogP contribution in [0.1, 0.15) is 0 Å². The van der Waals surface area contributed by atoms with Crippen LogP contribution in [0.25, 0.3) is 6.20 Å². The molecule has 0 amide bonds. The first-order chi connectivity index (χ1) is 4.86. The Labute approximate surface area is 58.3 Å². The molecule has 1 aromatic rings. The van der Waals surface area contributed by atoms with E-state index in [1.54, 1.807) is 6.26 Å². The molecular formula is C7H8N2O. The monoisotopic (exact) mass is 136 g/mol. The Morgan fingerprint density at radius 3 is 3.50 bits per heavy atom. The molecule has 0 unspecified atom stereocenters. The predicted octanol–water partition coefficient (Wildman–Crippen LogP) is -0.460. The summed E-state index contributed by atoms with van der Waals surface area (Å²) in [5.74, 6) is 0. The van der Waals surface area contributed by atoms with E-state index in [0.29, 0.717) is 6.67 Å². The minimum atomic E-state index is 0.695. The molecule has 10 heavy (non-hydrogen) atoms. The molecule has 2 heterocycles. The van der Waals surface area contributed by atoms with Crippen LogP contribution in [0.3, 0.4) is 0 Å². The molecule has 2 rings (SSSR count). The van der Waals surface area contributed by atoms with E-state index in [9.17, 15) is 0 Å². The minimum Gasteiger partial charge on any atom is -0.446 e. The van der Waals surface area contributed by atoms with Gasteiger partial charge >= 0.3 is 0 Å². The molecule has 0 atom stereocenters. The number of furan rings is 1. The quantitative estimate of drug-likeness (QED) is 0.483. The third-order valence-corrected chi connectivity index (χ3v) is 1.47. The van der Waals surface area contributed by atoms with Gasteiger partial charge in [0.1, 0.15) is 6.67 Å². The SMILES string of the molecule is CN1C=c2ccoc2=NC1. The van der Waals surface area contributed by atoms with Crippen molar-refractivity contribution in [2.45, 2.75) is 0 Å². The van der Waals surface area contributed by atoms with E-state index in [1.807, 2.05) is 24.2 Å². The first-order valence-electron chi connectivity index (χ1n) is 3.16. The molecule has 1 aromatic heterocycles. The van der Waals surface area contributed by atoms with Crippen LogP contribution in [0, 0.1) is 0 Å². The van der Waals surface area contributed by atoms with Crippen molar-refractivity contribution in [3.05, 3.63) is 23.1 Å². The molecule has 0 fully saturated rings. The molecule has 1 aliphatic rings. The summed E-state index contributed by atoms with van der Waals surface area (Å²) < 4.78 is 5.08. The fourth-order valence-corrected chi connectivity index (χ4v) is 0.992. The molecule has 0 aromatic carbocycles. The molecule has 3 nitrogen and oxygen atoms in total. The topological polar surface area (TPSA) is 28.7 Å². The lowest BCUT2D eigenvalue weighted by Gasteiger charge is -2.10. The first kappa shape index (κ1) is 5.53. The van der Waals surface area contributed by atoms with Crippen molar-refractivity contribution in [3.8, 4) is 0 Å². The van der Waals surface area contributed by atoms with Gasteiger partial charge in [-0.2, -0.15) is 0 Å². The van der Waals surface area contributed by atoms with Crippen molar-refractivity contribution in [1.82, 2.24) is 4.90 Å². The van der Waals surface area contributed by atoms with Gasteiger partial charge in [0, 0.05) is 13.2 Å². The second-order valence-corrected chi connectivity index (χ2v) is 2.37.